The minimum Gasteiger partial charge on any atom is -0.478 e. The zero-order valence-electron chi connectivity index (χ0n) is 17.2. The van der Waals surface area contributed by atoms with Gasteiger partial charge < -0.3 is 9.52 Å². The first-order valence-electron chi connectivity index (χ1n) is 9.67. The van der Waals surface area contributed by atoms with Crippen LogP contribution in [0.1, 0.15) is 21.7 Å². The molecule has 3 aromatic rings. The Morgan fingerprint density at radius 2 is 1.86 bits per heavy atom. The van der Waals surface area contributed by atoms with Crippen molar-refractivity contribution >= 4 is 58.5 Å². The highest BCUT2D eigenvalue weighted by atomic mass is 35.5. The maximum Gasteiger partial charge on any atom is 0.416 e. The van der Waals surface area contributed by atoms with Crippen LogP contribution in [0.25, 0.3) is 17.4 Å². The van der Waals surface area contributed by atoms with Crippen molar-refractivity contribution in [3.05, 3.63) is 82.1 Å². The zero-order valence-corrected chi connectivity index (χ0v) is 18.8. The number of carboxylic acids is 1. The summed E-state index contributed by atoms with van der Waals surface area (Å²) in [5, 5.41) is 11.2. The van der Waals surface area contributed by atoms with Gasteiger partial charge in [0.15, 0.2) is 5.11 Å². The van der Waals surface area contributed by atoms with E-state index in [1.54, 1.807) is 0 Å². The van der Waals surface area contributed by atoms with E-state index in [0.29, 0.717) is 5.56 Å². The molecular formula is C23H12ClF3N2O5S. The van der Waals surface area contributed by atoms with E-state index in [-0.39, 0.29) is 32.9 Å². The summed E-state index contributed by atoms with van der Waals surface area (Å²) < 4.78 is 45.0. The molecule has 1 aromatic heterocycles. The first-order chi connectivity index (χ1) is 16.5. The topological polar surface area (TPSA) is 99.9 Å². The zero-order chi connectivity index (χ0) is 25.5. The van der Waals surface area contributed by atoms with Crippen molar-refractivity contribution in [2.45, 2.75) is 6.18 Å². The van der Waals surface area contributed by atoms with Crippen molar-refractivity contribution in [3.8, 4) is 11.3 Å². The van der Waals surface area contributed by atoms with Gasteiger partial charge in [-0.2, -0.15) is 13.2 Å². The maximum atomic E-state index is 13.1. The van der Waals surface area contributed by atoms with Gasteiger partial charge in [0.05, 0.1) is 21.8 Å². The molecule has 0 bridgehead atoms. The van der Waals surface area contributed by atoms with Crippen LogP contribution in [0.3, 0.4) is 0 Å². The predicted molar refractivity (Wildman–Crippen MR) is 124 cm³/mol. The number of carbonyl (C=O) groups excluding carboxylic acids is 2. The van der Waals surface area contributed by atoms with Crippen LogP contribution < -0.4 is 10.2 Å². The van der Waals surface area contributed by atoms with E-state index < -0.39 is 35.1 Å². The van der Waals surface area contributed by atoms with Gasteiger partial charge in [-0.05, 0) is 66.8 Å². The quantitative estimate of drug-likeness (QED) is 0.280. The molecule has 0 unspecified atom stereocenters. The van der Waals surface area contributed by atoms with Gasteiger partial charge in [0.25, 0.3) is 11.8 Å². The van der Waals surface area contributed by atoms with Gasteiger partial charge in [0.1, 0.15) is 17.1 Å². The second-order valence-corrected chi connectivity index (χ2v) is 8.00. The van der Waals surface area contributed by atoms with E-state index in [0.717, 1.165) is 29.2 Å². The number of hydrogen-bond acceptors (Lipinski definition) is 5. The Morgan fingerprint density at radius 3 is 2.54 bits per heavy atom. The lowest BCUT2D eigenvalue weighted by molar-refractivity contribution is -0.137. The Hall–Kier alpha value is -3.96. The van der Waals surface area contributed by atoms with Crippen LogP contribution >= 0.6 is 23.8 Å². The van der Waals surface area contributed by atoms with Crippen LogP contribution in [0.2, 0.25) is 5.02 Å². The minimum atomic E-state index is -4.65. The second kappa shape index (κ2) is 9.01. The fraction of sp³-hybridized carbons (Fsp3) is 0.0435. The highest BCUT2D eigenvalue weighted by molar-refractivity contribution is 7.80. The van der Waals surface area contributed by atoms with Crippen molar-refractivity contribution in [3.63, 3.8) is 0 Å². The molecule has 35 heavy (non-hydrogen) atoms. The molecule has 1 aliphatic rings. The van der Waals surface area contributed by atoms with Crippen LogP contribution in [0.5, 0.6) is 0 Å². The summed E-state index contributed by atoms with van der Waals surface area (Å²) in [6, 6.07) is 11.1. The van der Waals surface area contributed by atoms with E-state index in [9.17, 15) is 32.7 Å². The third kappa shape index (κ3) is 4.81. The molecule has 2 heterocycles. The fourth-order valence-electron chi connectivity index (χ4n) is 3.28. The molecular weight excluding hydrogens is 509 g/mol. The number of amides is 2. The van der Waals surface area contributed by atoms with Crippen LogP contribution in [-0.2, 0) is 15.8 Å². The number of carbonyl (C=O) groups is 3. The van der Waals surface area contributed by atoms with E-state index >= 15 is 0 Å². The number of nitrogens with zero attached hydrogens (tertiary/aromatic N) is 1. The average molecular weight is 521 g/mol. The summed E-state index contributed by atoms with van der Waals surface area (Å²) in [6.07, 6.45) is -3.54. The third-order valence-electron chi connectivity index (χ3n) is 4.93. The van der Waals surface area contributed by atoms with Gasteiger partial charge >= 0.3 is 12.1 Å². The van der Waals surface area contributed by atoms with Crippen molar-refractivity contribution < 1.29 is 37.1 Å². The summed E-state index contributed by atoms with van der Waals surface area (Å²) in [5.41, 5.74) is -1.37. The number of nitrogens with one attached hydrogen (secondary N) is 1. The van der Waals surface area contributed by atoms with E-state index in [1.807, 2.05) is 0 Å². The highest BCUT2D eigenvalue weighted by Gasteiger charge is 2.37. The third-order valence-corrected chi connectivity index (χ3v) is 5.54. The van der Waals surface area contributed by atoms with E-state index in [2.05, 4.69) is 5.32 Å². The maximum absolute atomic E-state index is 13.1. The largest absolute Gasteiger partial charge is 0.478 e. The molecule has 1 saturated heterocycles. The molecule has 0 aliphatic carbocycles. The standard InChI is InChI=1S/C23H12ClF3N2O5S/c24-17-6-4-11(8-15(17)21(32)33)18-7-5-14(34-18)10-16-19(30)28-22(35)29(20(16)31)13-3-1-2-12(9-13)23(25,26)27/h1-10H,(H,32,33)(H,28,30,35)/b16-10-. The Labute approximate surface area is 205 Å². The van der Waals surface area contributed by atoms with Gasteiger partial charge in [0.2, 0.25) is 0 Å². The molecule has 0 spiro atoms. The number of anilines is 1. The predicted octanol–water partition coefficient (Wildman–Crippen LogP) is 5.15. The molecule has 7 nitrogen and oxygen atoms in total. The number of furan rings is 1. The number of aromatic carboxylic acids is 1. The van der Waals surface area contributed by atoms with Gasteiger partial charge in [-0.25, -0.2) is 4.79 Å². The summed E-state index contributed by atoms with van der Waals surface area (Å²) in [5.74, 6) is -2.76. The summed E-state index contributed by atoms with van der Waals surface area (Å²) in [7, 11) is 0. The Balaban J connectivity index is 1.68. The normalized spacial score (nSPS) is 15.5. The molecule has 0 saturated carbocycles. The van der Waals surface area contributed by atoms with Crippen LogP contribution in [0.4, 0.5) is 18.9 Å². The molecule has 2 N–H and O–H groups in total. The van der Waals surface area contributed by atoms with Crippen molar-refractivity contribution in [2.24, 2.45) is 0 Å². The number of hydrogen-bond donors (Lipinski definition) is 2. The smallest absolute Gasteiger partial charge is 0.416 e. The van der Waals surface area contributed by atoms with E-state index in [1.165, 1.54) is 36.4 Å². The highest BCUT2D eigenvalue weighted by Crippen LogP contribution is 2.33. The molecule has 0 radical (unpaired) electrons. The number of benzene rings is 2. The number of halogens is 4. The molecule has 2 aromatic carbocycles. The van der Waals surface area contributed by atoms with Crippen molar-refractivity contribution in [2.75, 3.05) is 4.90 Å². The minimum absolute atomic E-state index is 0.0327. The molecule has 4 rings (SSSR count). The number of carboxylic acid groups (broad SMARTS) is 1. The SMILES string of the molecule is O=C1NC(=S)N(c2cccc(C(F)(F)F)c2)C(=O)/C1=C\c1ccc(-c2ccc(Cl)c(C(=O)O)c2)o1. The molecule has 1 aliphatic heterocycles. The van der Waals surface area contributed by atoms with E-state index in [4.69, 9.17) is 28.2 Å². The molecule has 1 fully saturated rings. The Kier molecular flexibility index (Phi) is 6.22. The Bertz CT molecular complexity index is 1430. The molecule has 0 atom stereocenters. The van der Waals surface area contributed by atoms with Gasteiger partial charge in [-0.1, -0.05) is 17.7 Å². The summed E-state index contributed by atoms with van der Waals surface area (Å²) in [4.78, 5) is 37.6. The summed E-state index contributed by atoms with van der Waals surface area (Å²) >= 11 is 10.9. The van der Waals surface area contributed by atoms with Crippen molar-refractivity contribution in [1.29, 1.82) is 0 Å². The Morgan fingerprint density at radius 1 is 1.11 bits per heavy atom. The van der Waals surface area contributed by atoms with Crippen LogP contribution in [0.15, 0.2) is 64.6 Å². The van der Waals surface area contributed by atoms with Crippen LogP contribution in [0, 0.1) is 0 Å². The van der Waals surface area contributed by atoms with Crippen molar-refractivity contribution in [1.82, 2.24) is 5.32 Å². The molecule has 12 heteroatoms. The first-order valence-corrected chi connectivity index (χ1v) is 10.5. The summed E-state index contributed by atoms with van der Waals surface area (Å²) in [6.45, 7) is 0. The lowest BCUT2D eigenvalue weighted by atomic mass is 10.1. The lowest BCUT2D eigenvalue weighted by Gasteiger charge is -2.29. The fourth-order valence-corrected chi connectivity index (χ4v) is 3.76. The second-order valence-electron chi connectivity index (χ2n) is 7.21. The first kappa shape index (κ1) is 24.2. The average Bonchev–Trinajstić information content (AvgIpc) is 3.25. The number of thiocarbonyl (C=S) groups is 1. The lowest BCUT2D eigenvalue weighted by Crippen LogP contribution is -2.54. The molecule has 2 amide bonds. The van der Waals surface area contributed by atoms with Gasteiger partial charge in [-0.15, -0.1) is 0 Å². The number of rotatable bonds is 4. The van der Waals surface area contributed by atoms with Gasteiger partial charge in [-0.3, -0.25) is 19.8 Å². The van der Waals surface area contributed by atoms with Crippen LogP contribution in [-0.4, -0.2) is 28.0 Å². The number of alkyl halides is 3. The van der Waals surface area contributed by atoms with Gasteiger partial charge in [0, 0.05) is 5.56 Å². The molecule has 178 valence electrons. The monoisotopic (exact) mass is 520 g/mol.